The normalized spacial score (nSPS) is 11.7. The molecule has 0 bridgehead atoms. The van der Waals surface area contributed by atoms with E-state index >= 15 is 0 Å². The van der Waals surface area contributed by atoms with Crippen molar-refractivity contribution in [2.45, 2.75) is 0 Å². The fourth-order valence-electron chi connectivity index (χ4n) is 7.34. The summed E-state index contributed by atoms with van der Waals surface area (Å²) in [5.74, 6) is 0.617. The van der Waals surface area contributed by atoms with Crippen LogP contribution in [-0.2, 0) is 0 Å². The van der Waals surface area contributed by atoms with Crippen molar-refractivity contribution in [1.29, 1.82) is 0 Å². The van der Waals surface area contributed by atoms with E-state index in [2.05, 4.69) is 149 Å². The number of rotatable bonds is 5. The first kappa shape index (κ1) is 27.5. The first-order valence-electron chi connectivity index (χ1n) is 16.6. The van der Waals surface area contributed by atoms with E-state index in [1.54, 1.807) is 0 Å². The zero-order valence-corrected chi connectivity index (χ0v) is 26.5. The van der Waals surface area contributed by atoms with Gasteiger partial charge in [-0.15, -0.1) is 0 Å². The molecule has 0 fully saturated rings. The number of fused-ring (bicyclic) bond motifs is 7. The summed E-state index contributed by atoms with van der Waals surface area (Å²) in [5, 5.41) is 7.21. The molecule has 0 aliphatic carbocycles. The van der Waals surface area contributed by atoms with Crippen LogP contribution >= 0.6 is 0 Å². The van der Waals surface area contributed by atoms with Crippen molar-refractivity contribution in [1.82, 2.24) is 9.55 Å². The maximum atomic E-state index is 6.23. The molecule has 10 rings (SSSR count). The second-order valence-corrected chi connectivity index (χ2v) is 12.4. The lowest BCUT2D eigenvalue weighted by molar-refractivity contribution is 0.620. The lowest BCUT2D eigenvalue weighted by Crippen LogP contribution is -2.10. The molecule has 0 N–H and O–H groups in total. The van der Waals surface area contributed by atoms with Gasteiger partial charge in [0.05, 0.1) is 16.7 Å². The van der Waals surface area contributed by atoms with Gasteiger partial charge in [-0.1, -0.05) is 109 Å². The second kappa shape index (κ2) is 11.0. The topological polar surface area (TPSA) is 34.2 Å². The van der Waals surface area contributed by atoms with E-state index in [9.17, 15) is 0 Å². The molecule has 8 aromatic carbocycles. The van der Waals surface area contributed by atoms with Gasteiger partial charge in [0.2, 0.25) is 5.89 Å². The zero-order valence-electron chi connectivity index (χ0n) is 26.5. The molecule has 0 spiro atoms. The molecule has 230 valence electrons. The first-order chi connectivity index (χ1) is 24.3. The highest BCUT2D eigenvalue weighted by atomic mass is 16.3. The van der Waals surface area contributed by atoms with Gasteiger partial charge in [0.15, 0.2) is 5.58 Å². The molecule has 0 atom stereocenters. The van der Waals surface area contributed by atoms with Crippen LogP contribution in [0.15, 0.2) is 180 Å². The predicted molar refractivity (Wildman–Crippen MR) is 203 cm³/mol. The zero-order chi connectivity index (χ0) is 32.3. The van der Waals surface area contributed by atoms with Crippen LogP contribution in [0.25, 0.3) is 71.6 Å². The fourth-order valence-corrected chi connectivity index (χ4v) is 7.34. The highest BCUT2D eigenvalue weighted by Crippen LogP contribution is 2.43. The van der Waals surface area contributed by atoms with Gasteiger partial charge in [-0.2, -0.15) is 0 Å². The summed E-state index contributed by atoms with van der Waals surface area (Å²) in [6, 6.07) is 62.2. The maximum absolute atomic E-state index is 6.23. The molecule has 10 aromatic rings. The van der Waals surface area contributed by atoms with Gasteiger partial charge >= 0.3 is 0 Å². The molecule has 4 nitrogen and oxygen atoms in total. The van der Waals surface area contributed by atoms with Gasteiger partial charge in [0.25, 0.3) is 0 Å². The van der Waals surface area contributed by atoms with Crippen LogP contribution in [0.5, 0.6) is 0 Å². The van der Waals surface area contributed by atoms with Crippen LogP contribution in [0.3, 0.4) is 0 Å². The van der Waals surface area contributed by atoms with Crippen molar-refractivity contribution in [3.05, 3.63) is 176 Å². The standard InChI is InChI=1S/C45H29N3O/c1-3-13-32(14-4-1)45-46-40-29-35(25-27-43(40)49-45)47(41-21-11-15-30-12-7-8-18-36(30)41)34-24-22-31-23-26-38-37-19-9-10-20-42(37)48(44(38)39(31)28-34)33-16-5-2-6-17-33/h1-29H. The molecule has 2 heterocycles. The van der Waals surface area contributed by atoms with Crippen molar-refractivity contribution < 1.29 is 4.42 Å². The van der Waals surface area contributed by atoms with Crippen molar-refractivity contribution in [2.24, 2.45) is 0 Å². The largest absolute Gasteiger partial charge is 0.436 e. The molecule has 0 saturated heterocycles. The highest BCUT2D eigenvalue weighted by Gasteiger charge is 2.20. The van der Waals surface area contributed by atoms with Crippen molar-refractivity contribution in [2.75, 3.05) is 4.90 Å². The van der Waals surface area contributed by atoms with Crippen LogP contribution in [0.1, 0.15) is 0 Å². The van der Waals surface area contributed by atoms with Gasteiger partial charge in [0, 0.05) is 44.2 Å². The Bertz CT molecular complexity index is 2830. The Hall–Kier alpha value is -6.65. The number of benzene rings is 8. The Balaban J connectivity index is 1.25. The fraction of sp³-hybridized carbons (Fsp3) is 0. The third kappa shape index (κ3) is 4.42. The van der Waals surface area contributed by atoms with Gasteiger partial charge in [-0.3, -0.25) is 0 Å². The van der Waals surface area contributed by atoms with E-state index < -0.39 is 0 Å². The average molecular weight is 628 g/mol. The molecule has 0 aliphatic rings. The van der Waals surface area contributed by atoms with Crippen molar-refractivity contribution in [3.63, 3.8) is 0 Å². The molecule has 2 aromatic heterocycles. The number of nitrogens with zero attached hydrogens (tertiary/aromatic N) is 3. The summed E-state index contributed by atoms with van der Waals surface area (Å²) in [6.07, 6.45) is 0. The summed E-state index contributed by atoms with van der Waals surface area (Å²) in [7, 11) is 0. The Morgan fingerprint density at radius 2 is 1.16 bits per heavy atom. The van der Waals surface area contributed by atoms with Crippen molar-refractivity contribution >= 4 is 71.5 Å². The van der Waals surface area contributed by atoms with Crippen molar-refractivity contribution in [3.8, 4) is 17.1 Å². The predicted octanol–water partition coefficient (Wildman–Crippen LogP) is 12.4. The van der Waals surface area contributed by atoms with Crippen LogP contribution in [-0.4, -0.2) is 9.55 Å². The van der Waals surface area contributed by atoms with E-state index in [-0.39, 0.29) is 0 Å². The second-order valence-electron chi connectivity index (χ2n) is 12.4. The number of anilines is 3. The molecular weight excluding hydrogens is 599 g/mol. The summed E-state index contributed by atoms with van der Waals surface area (Å²) < 4.78 is 8.64. The molecule has 49 heavy (non-hydrogen) atoms. The molecule has 4 heteroatoms. The molecule has 0 saturated carbocycles. The number of oxazole rings is 1. The minimum Gasteiger partial charge on any atom is -0.436 e. The SMILES string of the molecule is c1ccc(-c2nc3cc(N(c4ccc5ccc6c7ccccc7n(-c7ccccc7)c6c5c4)c4cccc5ccccc45)ccc3o2)cc1. The summed E-state index contributed by atoms with van der Waals surface area (Å²) in [4.78, 5) is 7.29. The summed E-state index contributed by atoms with van der Waals surface area (Å²) in [5.41, 5.74) is 9.23. The monoisotopic (exact) mass is 627 g/mol. The molecule has 0 radical (unpaired) electrons. The van der Waals surface area contributed by atoms with E-state index in [4.69, 9.17) is 9.40 Å². The third-order valence-electron chi connectivity index (χ3n) is 9.57. The summed E-state index contributed by atoms with van der Waals surface area (Å²) >= 11 is 0. The van der Waals surface area contributed by atoms with E-state index in [1.807, 2.05) is 36.4 Å². The first-order valence-corrected chi connectivity index (χ1v) is 16.6. The van der Waals surface area contributed by atoms with Crippen LogP contribution in [0.4, 0.5) is 17.1 Å². The Morgan fingerprint density at radius 3 is 2.04 bits per heavy atom. The molecule has 0 aliphatic heterocycles. The average Bonchev–Trinajstić information content (AvgIpc) is 3.75. The van der Waals surface area contributed by atoms with E-state index in [0.717, 1.165) is 39.4 Å². The van der Waals surface area contributed by atoms with Gasteiger partial charge < -0.3 is 13.9 Å². The Kier molecular flexibility index (Phi) is 6.15. The quantitative estimate of drug-likeness (QED) is 0.190. The minimum absolute atomic E-state index is 0.617. The Morgan fingerprint density at radius 1 is 0.490 bits per heavy atom. The smallest absolute Gasteiger partial charge is 0.227 e. The van der Waals surface area contributed by atoms with Crippen LogP contribution < -0.4 is 4.90 Å². The molecule has 0 unspecified atom stereocenters. The van der Waals surface area contributed by atoms with Crippen LogP contribution in [0, 0.1) is 0 Å². The van der Waals surface area contributed by atoms with E-state index in [0.29, 0.717) is 5.89 Å². The maximum Gasteiger partial charge on any atom is 0.227 e. The molecular formula is C45H29N3O. The van der Waals surface area contributed by atoms with Gasteiger partial charge in [0.1, 0.15) is 5.52 Å². The minimum atomic E-state index is 0.617. The lowest BCUT2D eigenvalue weighted by Gasteiger charge is -2.27. The number of hydrogen-bond donors (Lipinski definition) is 0. The van der Waals surface area contributed by atoms with E-state index in [1.165, 1.54) is 43.4 Å². The number of aromatic nitrogens is 2. The third-order valence-corrected chi connectivity index (χ3v) is 9.57. The highest BCUT2D eigenvalue weighted by molar-refractivity contribution is 6.19. The van der Waals surface area contributed by atoms with Gasteiger partial charge in [-0.25, -0.2) is 4.98 Å². The summed E-state index contributed by atoms with van der Waals surface area (Å²) in [6.45, 7) is 0. The molecule has 0 amide bonds. The van der Waals surface area contributed by atoms with Gasteiger partial charge in [-0.05, 0) is 77.5 Å². The lowest BCUT2D eigenvalue weighted by atomic mass is 10.0. The number of para-hydroxylation sites is 2. The van der Waals surface area contributed by atoms with Crippen LogP contribution in [0.2, 0.25) is 0 Å². The number of hydrogen-bond acceptors (Lipinski definition) is 3. The Labute approximate surface area is 282 Å².